The number of benzene rings is 2. The van der Waals surface area contributed by atoms with Gasteiger partial charge < -0.3 is 21.7 Å². The molecule has 0 fully saturated rings. The van der Waals surface area contributed by atoms with E-state index < -0.39 is 11.9 Å². The second kappa shape index (κ2) is 7.74. The lowest BCUT2D eigenvalue weighted by molar-refractivity contribution is -0.138. The lowest BCUT2D eigenvalue weighted by Gasteiger charge is -2.03. The van der Waals surface area contributed by atoms with E-state index in [4.69, 9.17) is 21.7 Å². The van der Waals surface area contributed by atoms with E-state index in [-0.39, 0.29) is 19.3 Å². The molecule has 0 atom stereocenters. The van der Waals surface area contributed by atoms with E-state index in [9.17, 15) is 9.59 Å². The number of nitrogens with two attached hydrogens (primary N) is 2. The molecule has 6 N–H and O–H groups in total. The van der Waals surface area contributed by atoms with Crippen LogP contribution in [0.2, 0.25) is 0 Å². The summed E-state index contributed by atoms with van der Waals surface area (Å²) in [6.07, 6.45) is 0.0866. The summed E-state index contributed by atoms with van der Waals surface area (Å²) in [5, 5.41) is 18.1. The van der Waals surface area contributed by atoms with Crippen LogP contribution in [0.15, 0.2) is 36.4 Å². The Morgan fingerprint density at radius 2 is 1.19 bits per heavy atom. The molecule has 0 unspecified atom stereocenters. The molecule has 0 aliphatic heterocycles. The van der Waals surface area contributed by atoms with Gasteiger partial charge in [-0.15, -0.1) is 0 Å². The Hall–Kier alpha value is -2.76. The summed E-state index contributed by atoms with van der Waals surface area (Å²) in [6, 6.07) is 11.5. The first-order valence-electron chi connectivity index (χ1n) is 6.38. The van der Waals surface area contributed by atoms with Gasteiger partial charge in [0, 0.05) is 35.0 Å². The predicted molar refractivity (Wildman–Crippen MR) is 81.9 cm³/mol. The van der Waals surface area contributed by atoms with Crippen LogP contribution in [0.25, 0.3) is 10.8 Å². The number of nitrogen functional groups attached to an aromatic ring is 2. The van der Waals surface area contributed by atoms with Gasteiger partial charge in [0.2, 0.25) is 0 Å². The van der Waals surface area contributed by atoms with Crippen molar-refractivity contribution in [2.45, 2.75) is 19.3 Å². The van der Waals surface area contributed by atoms with Crippen LogP contribution in [0.5, 0.6) is 0 Å². The maximum absolute atomic E-state index is 9.79. The van der Waals surface area contributed by atoms with Gasteiger partial charge in [-0.1, -0.05) is 24.3 Å². The van der Waals surface area contributed by atoms with Gasteiger partial charge in [0.15, 0.2) is 0 Å². The monoisotopic (exact) mass is 290 g/mol. The van der Waals surface area contributed by atoms with Gasteiger partial charge >= 0.3 is 11.9 Å². The summed E-state index contributed by atoms with van der Waals surface area (Å²) in [4.78, 5) is 19.6. The van der Waals surface area contributed by atoms with Crippen LogP contribution in [0.4, 0.5) is 11.4 Å². The molecule has 112 valence electrons. The number of carboxylic acid groups (broad SMARTS) is 2. The third-order valence-electron chi connectivity index (χ3n) is 2.77. The van der Waals surface area contributed by atoms with Crippen molar-refractivity contribution in [3.05, 3.63) is 36.4 Å². The molecule has 6 nitrogen and oxygen atoms in total. The highest BCUT2D eigenvalue weighted by Crippen LogP contribution is 2.24. The molecule has 0 radical (unpaired) electrons. The Morgan fingerprint density at radius 3 is 1.52 bits per heavy atom. The van der Waals surface area contributed by atoms with Crippen LogP contribution in [0.1, 0.15) is 19.3 Å². The number of hydrogen-bond donors (Lipinski definition) is 4. The summed E-state index contributed by atoms with van der Waals surface area (Å²) < 4.78 is 0. The molecule has 2 rings (SSSR count). The minimum Gasteiger partial charge on any atom is -0.481 e. The number of hydrogen-bond acceptors (Lipinski definition) is 4. The van der Waals surface area contributed by atoms with E-state index in [1.165, 1.54) is 0 Å². The molecule has 0 aliphatic carbocycles. The molecule has 0 aromatic heterocycles. The number of fused-ring (bicyclic) bond motifs is 1. The van der Waals surface area contributed by atoms with Crippen LogP contribution in [-0.2, 0) is 9.59 Å². The SMILES string of the molecule is Nc1cccc2c(N)cccc12.O=C(O)CCCC(=O)O. The van der Waals surface area contributed by atoms with Gasteiger partial charge in [-0.2, -0.15) is 0 Å². The maximum atomic E-state index is 9.79. The zero-order valence-corrected chi connectivity index (χ0v) is 11.5. The van der Waals surface area contributed by atoms with E-state index in [0.29, 0.717) is 0 Å². The minimum absolute atomic E-state index is 0.0632. The molecule has 6 heteroatoms. The second-order valence-electron chi connectivity index (χ2n) is 4.43. The van der Waals surface area contributed by atoms with Gasteiger partial charge in [0.1, 0.15) is 0 Å². The van der Waals surface area contributed by atoms with Gasteiger partial charge in [0.25, 0.3) is 0 Å². The maximum Gasteiger partial charge on any atom is 0.303 e. The Labute approximate surface area is 122 Å². The molecule has 2 aromatic carbocycles. The largest absolute Gasteiger partial charge is 0.481 e. The quantitative estimate of drug-likeness (QED) is 0.640. The van der Waals surface area contributed by atoms with Crippen molar-refractivity contribution in [3.8, 4) is 0 Å². The number of carboxylic acids is 2. The molecule has 0 bridgehead atoms. The fraction of sp³-hybridized carbons (Fsp3) is 0.200. The summed E-state index contributed by atoms with van der Waals surface area (Å²) in [5.74, 6) is -1.90. The Balaban J connectivity index is 0.000000222. The number of aliphatic carboxylic acids is 2. The molecule has 0 heterocycles. The van der Waals surface area contributed by atoms with Crippen LogP contribution in [0, 0.1) is 0 Å². The van der Waals surface area contributed by atoms with Crippen LogP contribution in [-0.4, -0.2) is 22.2 Å². The van der Waals surface area contributed by atoms with Crippen LogP contribution >= 0.6 is 0 Å². The molecular weight excluding hydrogens is 272 g/mol. The predicted octanol–water partition coefficient (Wildman–Crippen LogP) is 2.33. The van der Waals surface area contributed by atoms with Crippen molar-refractivity contribution in [1.29, 1.82) is 0 Å². The van der Waals surface area contributed by atoms with Gasteiger partial charge in [0.05, 0.1) is 0 Å². The summed E-state index contributed by atoms with van der Waals surface area (Å²) in [6.45, 7) is 0. The zero-order chi connectivity index (χ0) is 15.8. The van der Waals surface area contributed by atoms with Crippen LogP contribution in [0.3, 0.4) is 0 Å². The van der Waals surface area contributed by atoms with Gasteiger partial charge in [-0.25, -0.2) is 0 Å². The highest BCUT2D eigenvalue weighted by Gasteiger charge is 1.99. The van der Waals surface area contributed by atoms with Crippen molar-refractivity contribution in [1.82, 2.24) is 0 Å². The molecule has 0 saturated carbocycles. The van der Waals surface area contributed by atoms with Crippen molar-refractivity contribution < 1.29 is 19.8 Å². The first kappa shape index (κ1) is 16.3. The third-order valence-corrected chi connectivity index (χ3v) is 2.77. The average Bonchev–Trinajstić information content (AvgIpc) is 2.40. The molecule has 0 spiro atoms. The van der Waals surface area contributed by atoms with E-state index in [1.54, 1.807) is 0 Å². The second-order valence-corrected chi connectivity index (χ2v) is 4.43. The molecular formula is C15H18N2O4. The molecule has 0 amide bonds. The lowest BCUT2D eigenvalue weighted by Crippen LogP contribution is -1.98. The van der Waals surface area contributed by atoms with Crippen molar-refractivity contribution >= 4 is 34.1 Å². The Morgan fingerprint density at radius 1 is 0.810 bits per heavy atom. The van der Waals surface area contributed by atoms with E-state index in [2.05, 4.69) is 0 Å². The van der Waals surface area contributed by atoms with Crippen molar-refractivity contribution in [2.24, 2.45) is 0 Å². The molecule has 0 saturated heterocycles. The topological polar surface area (TPSA) is 127 Å². The number of rotatable bonds is 4. The third kappa shape index (κ3) is 5.40. The average molecular weight is 290 g/mol. The summed E-state index contributed by atoms with van der Waals surface area (Å²) in [7, 11) is 0. The summed E-state index contributed by atoms with van der Waals surface area (Å²) in [5.41, 5.74) is 13.1. The smallest absolute Gasteiger partial charge is 0.303 e. The lowest BCUT2D eigenvalue weighted by atomic mass is 10.1. The standard InChI is InChI=1S/C10H10N2.C5H8O4/c11-9-5-1-3-7-8(9)4-2-6-10(7)12;6-4(7)2-1-3-5(8)9/h1-6H,11-12H2;1-3H2,(H,6,7)(H,8,9). The minimum atomic E-state index is -0.948. The van der Waals surface area contributed by atoms with E-state index >= 15 is 0 Å². The van der Waals surface area contributed by atoms with Crippen molar-refractivity contribution in [2.75, 3.05) is 11.5 Å². The first-order valence-corrected chi connectivity index (χ1v) is 6.38. The number of anilines is 2. The highest BCUT2D eigenvalue weighted by atomic mass is 16.4. The van der Waals surface area contributed by atoms with Gasteiger partial charge in [-0.05, 0) is 18.6 Å². The van der Waals surface area contributed by atoms with Crippen LogP contribution < -0.4 is 11.5 Å². The Kier molecular flexibility index (Phi) is 6.00. The number of carbonyl (C=O) groups is 2. The van der Waals surface area contributed by atoms with E-state index in [0.717, 1.165) is 22.1 Å². The van der Waals surface area contributed by atoms with E-state index in [1.807, 2.05) is 36.4 Å². The normalized spacial score (nSPS) is 9.71. The molecule has 2 aromatic rings. The molecule has 0 aliphatic rings. The highest BCUT2D eigenvalue weighted by molar-refractivity contribution is 5.99. The first-order chi connectivity index (χ1) is 9.91. The Bertz CT molecular complexity index is 585. The fourth-order valence-corrected chi connectivity index (χ4v) is 1.75. The van der Waals surface area contributed by atoms with Crippen molar-refractivity contribution in [3.63, 3.8) is 0 Å². The fourth-order valence-electron chi connectivity index (χ4n) is 1.75. The zero-order valence-electron chi connectivity index (χ0n) is 11.5. The molecule has 21 heavy (non-hydrogen) atoms. The summed E-state index contributed by atoms with van der Waals surface area (Å²) >= 11 is 0. The van der Waals surface area contributed by atoms with Gasteiger partial charge in [-0.3, -0.25) is 9.59 Å².